The fourth-order valence-corrected chi connectivity index (χ4v) is 4.12. The first-order chi connectivity index (χ1) is 16.4. The van der Waals surface area contributed by atoms with E-state index in [-0.39, 0.29) is 12.3 Å². The summed E-state index contributed by atoms with van der Waals surface area (Å²) in [6.07, 6.45) is 17.3. The summed E-state index contributed by atoms with van der Waals surface area (Å²) < 4.78 is 31.3. The van der Waals surface area contributed by atoms with E-state index in [2.05, 4.69) is 39.4 Å². The number of hydrogen-bond donors (Lipinski definition) is 3. The van der Waals surface area contributed by atoms with Crippen molar-refractivity contribution in [3.05, 3.63) is 0 Å². The molecule has 0 fully saturated rings. The molecule has 34 heavy (non-hydrogen) atoms. The van der Waals surface area contributed by atoms with Crippen molar-refractivity contribution in [1.29, 1.82) is 0 Å². The predicted molar refractivity (Wildman–Crippen MR) is 142 cm³/mol. The second-order valence-electron chi connectivity index (χ2n) is 9.09. The second kappa shape index (κ2) is 18.6. The number of aromatic nitrogens is 3. The number of hydrogen-bond acceptors (Lipinski definition) is 8. The molecule has 1 rings (SSSR count). The van der Waals surface area contributed by atoms with Crippen LogP contribution in [-0.4, -0.2) is 60.4 Å². The number of anilines is 3. The molecule has 1 aromatic heterocycles. The zero-order valence-corrected chi connectivity index (χ0v) is 22.5. The Bertz CT molecular complexity index is 748. The standard InChI is InChI=1S/C24H48N6O3S/c1-4-6-8-10-12-13-15-17-19-26-23-27-22(25-18-16-14-11-9-7-5-2)28-24(29-23)30(3)20-21-34(31,32)33/h4-21H2,1-3H3,(H,31,32,33)(H2,25,26,27,28,29). The van der Waals surface area contributed by atoms with Crippen LogP contribution < -0.4 is 15.5 Å². The summed E-state index contributed by atoms with van der Waals surface area (Å²) in [6.45, 7) is 6.11. The summed E-state index contributed by atoms with van der Waals surface area (Å²) in [7, 11) is -2.34. The molecule has 9 nitrogen and oxygen atoms in total. The number of rotatable bonds is 22. The smallest absolute Gasteiger partial charge is 0.266 e. The summed E-state index contributed by atoms with van der Waals surface area (Å²) in [5.41, 5.74) is 0. The second-order valence-corrected chi connectivity index (χ2v) is 10.7. The van der Waals surface area contributed by atoms with Gasteiger partial charge in [-0.2, -0.15) is 23.4 Å². The highest BCUT2D eigenvalue weighted by Crippen LogP contribution is 2.14. The highest BCUT2D eigenvalue weighted by molar-refractivity contribution is 7.85. The van der Waals surface area contributed by atoms with Gasteiger partial charge in [-0.25, -0.2) is 0 Å². The van der Waals surface area contributed by atoms with Crippen molar-refractivity contribution < 1.29 is 13.0 Å². The molecule has 0 aliphatic heterocycles. The van der Waals surface area contributed by atoms with Crippen molar-refractivity contribution in [3.63, 3.8) is 0 Å². The van der Waals surface area contributed by atoms with E-state index in [9.17, 15) is 8.42 Å². The maximum absolute atomic E-state index is 11.1. The average molecular weight is 501 g/mol. The van der Waals surface area contributed by atoms with Gasteiger partial charge in [-0.1, -0.05) is 90.9 Å². The molecule has 0 amide bonds. The van der Waals surface area contributed by atoms with Gasteiger partial charge in [0.15, 0.2) is 0 Å². The molecule has 0 aromatic carbocycles. The molecule has 198 valence electrons. The lowest BCUT2D eigenvalue weighted by Crippen LogP contribution is -2.27. The molecular formula is C24H48N6O3S. The third-order valence-electron chi connectivity index (χ3n) is 5.78. The summed E-state index contributed by atoms with van der Waals surface area (Å²) in [5, 5.41) is 6.57. The maximum Gasteiger partial charge on any atom is 0.266 e. The zero-order chi connectivity index (χ0) is 25.1. The van der Waals surface area contributed by atoms with Gasteiger partial charge in [-0.05, 0) is 12.8 Å². The van der Waals surface area contributed by atoms with E-state index in [4.69, 9.17) is 4.55 Å². The fraction of sp³-hybridized carbons (Fsp3) is 0.875. The van der Waals surface area contributed by atoms with Crippen LogP contribution in [0.25, 0.3) is 0 Å². The lowest BCUT2D eigenvalue weighted by molar-refractivity contribution is 0.483. The lowest BCUT2D eigenvalue weighted by Gasteiger charge is -2.18. The van der Waals surface area contributed by atoms with E-state index in [1.165, 1.54) is 77.0 Å². The Labute approximate surface area is 207 Å². The summed E-state index contributed by atoms with van der Waals surface area (Å²) in [5.74, 6) is 0.965. The van der Waals surface area contributed by atoms with E-state index in [1.807, 2.05) is 0 Å². The van der Waals surface area contributed by atoms with Crippen LogP contribution in [0.1, 0.15) is 104 Å². The molecule has 0 bridgehead atoms. The molecule has 10 heteroatoms. The van der Waals surface area contributed by atoms with E-state index >= 15 is 0 Å². The van der Waals surface area contributed by atoms with E-state index in [1.54, 1.807) is 11.9 Å². The highest BCUT2D eigenvalue weighted by atomic mass is 32.2. The van der Waals surface area contributed by atoms with Gasteiger partial charge in [-0.3, -0.25) is 4.55 Å². The van der Waals surface area contributed by atoms with Gasteiger partial charge in [-0.15, -0.1) is 0 Å². The molecule has 0 aliphatic carbocycles. The van der Waals surface area contributed by atoms with E-state index in [0.717, 1.165) is 25.9 Å². The van der Waals surface area contributed by atoms with Crippen LogP contribution in [0.2, 0.25) is 0 Å². The maximum atomic E-state index is 11.1. The SMILES string of the molecule is CCCCCCCCCCNc1nc(NCCCCCCCC)nc(N(C)CCS(=O)(=O)O)n1. The van der Waals surface area contributed by atoms with Gasteiger partial charge in [0.05, 0.1) is 5.75 Å². The minimum absolute atomic E-state index is 0.0944. The molecular weight excluding hydrogens is 452 g/mol. The number of nitrogens with zero attached hydrogens (tertiary/aromatic N) is 4. The monoisotopic (exact) mass is 500 g/mol. The van der Waals surface area contributed by atoms with Gasteiger partial charge in [0, 0.05) is 26.7 Å². The third kappa shape index (κ3) is 16.0. The Morgan fingerprint density at radius 3 is 1.53 bits per heavy atom. The van der Waals surface area contributed by atoms with Crippen molar-refractivity contribution in [3.8, 4) is 0 Å². The van der Waals surface area contributed by atoms with Crippen molar-refractivity contribution in [2.75, 3.05) is 48.0 Å². The minimum atomic E-state index is -4.05. The quantitative estimate of drug-likeness (QED) is 0.139. The van der Waals surface area contributed by atoms with Crippen LogP contribution in [0.5, 0.6) is 0 Å². The van der Waals surface area contributed by atoms with Crippen LogP contribution in [0.3, 0.4) is 0 Å². The molecule has 0 saturated carbocycles. The molecule has 0 aliphatic rings. The topological polar surface area (TPSA) is 120 Å². The molecule has 3 N–H and O–H groups in total. The molecule has 0 atom stereocenters. The van der Waals surface area contributed by atoms with Crippen LogP contribution >= 0.6 is 0 Å². The number of nitrogens with one attached hydrogen (secondary N) is 2. The third-order valence-corrected chi connectivity index (χ3v) is 6.48. The Morgan fingerprint density at radius 2 is 1.12 bits per heavy atom. The summed E-state index contributed by atoms with van der Waals surface area (Å²) in [6, 6.07) is 0. The Kier molecular flexibility index (Phi) is 16.6. The minimum Gasteiger partial charge on any atom is -0.354 e. The van der Waals surface area contributed by atoms with Crippen LogP contribution in [0.15, 0.2) is 0 Å². The van der Waals surface area contributed by atoms with Gasteiger partial charge in [0.1, 0.15) is 0 Å². The first-order valence-electron chi connectivity index (χ1n) is 13.3. The van der Waals surface area contributed by atoms with Gasteiger partial charge < -0.3 is 15.5 Å². The Morgan fingerprint density at radius 1 is 0.706 bits per heavy atom. The van der Waals surface area contributed by atoms with Gasteiger partial charge >= 0.3 is 0 Å². The van der Waals surface area contributed by atoms with Crippen molar-refractivity contribution >= 4 is 28.0 Å². The van der Waals surface area contributed by atoms with E-state index < -0.39 is 10.1 Å². The molecule has 0 saturated heterocycles. The number of unbranched alkanes of at least 4 members (excludes halogenated alkanes) is 12. The van der Waals surface area contributed by atoms with Crippen molar-refractivity contribution in [2.24, 2.45) is 0 Å². The molecule has 0 unspecified atom stereocenters. The average Bonchev–Trinajstić information content (AvgIpc) is 2.80. The lowest BCUT2D eigenvalue weighted by atomic mass is 10.1. The van der Waals surface area contributed by atoms with Gasteiger partial charge in [0.2, 0.25) is 17.8 Å². The molecule has 1 heterocycles. The van der Waals surface area contributed by atoms with Crippen molar-refractivity contribution in [2.45, 2.75) is 104 Å². The van der Waals surface area contributed by atoms with Gasteiger partial charge in [0.25, 0.3) is 10.1 Å². The van der Waals surface area contributed by atoms with Crippen LogP contribution in [-0.2, 0) is 10.1 Å². The fourth-order valence-electron chi connectivity index (χ4n) is 3.61. The zero-order valence-electron chi connectivity index (χ0n) is 21.7. The predicted octanol–water partition coefficient (Wildman–Crippen LogP) is 5.52. The van der Waals surface area contributed by atoms with Crippen LogP contribution in [0.4, 0.5) is 17.8 Å². The highest BCUT2D eigenvalue weighted by Gasteiger charge is 2.13. The van der Waals surface area contributed by atoms with Crippen molar-refractivity contribution in [1.82, 2.24) is 15.0 Å². The normalized spacial score (nSPS) is 11.5. The largest absolute Gasteiger partial charge is 0.354 e. The summed E-state index contributed by atoms with van der Waals surface area (Å²) >= 11 is 0. The molecule has 0 radical (unpaired) electrons. The summed E-state index contributed by atoms with van der Waals surface area (Å²) in [4.78, 5) is 15.0. The molecule has 0 spiro atoms. The van der Waals surface area contributed by atoms with E-state index in [0.29, 0.717) is 17.8 Å². The Hall–Kier alpha value is -1.68. The first-order valence-corrected chi connectivity index (χ1v) is 14.9. The first kappa shape index (κ1) is 30.4. The van der Waals surface area contributed by atoms with Crippen LogP contribution in [0, 0.1) is 0 Å². The molecule has 1 aromatic rings. The Balaban J connectivity index is 2.56.